The van der Waals surface area contributed by atoms with Crippen LogP contribution in [0.2, 0.25) is 10.0 Å². The molecule has 0 N–H and O–H groups in total. The Morgan fingerprint density at radius 3 is 2.33 bits per heavy atom. The maximum atomic E-state index is 6.08. The van der Waals surface area contributed by atoms with Crippen LogP contribution in [0, 0.1) is 0 Å². The van der Waals surface area contributed by atoms with Crippen LogP contribution in [0.15, 0.2) is 77.4 Å². The van der Waals surface area contributed by atoms with Crippen LogP contribution in [0.4, 0.5) is 0 Å². The molecule has 0 unspecified atom stereocenters. The van der Waals surface area contributed by atoms with Gasteiger partial charge in [0.2, 0.25) is 0 Å². The van der Waals surface area contributed by atoms with E-state index in [-0.39, 0.29) is 0 Å². The lowest BCUT2D eigenvalue weighted by Gasteiger charge is -1.98. The van der Waals surface area contributed by atoms with Crippen molar-refractivity contribution in [1.29, 1.82) is 0 Å². The van der Waals surface area contributed by atoms with E-state index in [1.807, 2.05) is 66.7 Å². The standard InChI is InChI=1S/C22H14Cl2N2O/c23-19-11-9-17(13-20(19)24)21-14-22(27-26-21)16-7-4-15(5-8-16)6-10-18-3-1-2-12-25-18/h1-14H. The minimum absolute atomic E-state index is 0.489. The normalized spacial score (nSPS) is 11.2. The second-order valence-electron chi connectivity index (χ2n) is 5.92. The van der Waals surface area contributed by atoms with Gasteiger partial charge in [-0.3, -0.25) is 4.98 Å². The predicted octanol–water partition coefficient (Wildman–Crippen LogP) is 6.88. The molecule has 2 heterocycles. The average Bonchev–Trinajstić information content (AvgIpc) is 3.20. The van der Waals surface area contributed by atoms with Gasteiger partial charge in [0.1, 0.15) is 5.69 Å². The minimum Gasteiger partial charge on any atom is -0.356 e. The van der Waals surface area contributed by atoms with E-state index in [0.717, 1.165) is 22.4 Å². The van der Waals surface area contributed by atoms with E-state index in [0.29, 0.717) is 21.5 Å². The highest BCUT2D eigenvalue weighted by Crippen LogP contribution is 2.30. The summed E-state index contributed by atoms with van der Waals surface area (Å²) in [6.45, 7) is 0. The number of rotatable bonds is 4. The summed E-state index contributed by atoms with van der Waals surface area (Å²) in [7, 11) is 0. The van der Waals surface area contributed by atoms with Crippen molar-refractivity contribution in [3.63, 3.8) is 0 Å². The zero-order valence-electron chi connectivity index (χ0n) is 14.1. The second-order valence-corrected chi connectivity index (χ2v) is 6.73. The topological polar surface area (TPSA) is 38.9 Å². The number of halogens is 2. The Morgan fingerprint density at radius 1 is 0.778 bits per heavy atom. The van der Waals surface area contributed by atoms with Crippen molar-refractivity contribution in [2.75, 3.05) is 0 Å². The van der Waals surface area contributed by atoms with Crippen LogP contribution < -0.4 is 0 Å². The van der Waals surface area contributed by atoms with E-state index in [9.17, 15) is 0 Å². The van der Waals surface area contributed by atoms with E-state index in [2.05, 4.69) is 10.1 Å². The maximum Gasteiger partial charge on any atom is 0.167 e. The van der Waals surface area contributed by atoms with Gasteiger partial charge in [0.05, 0.1) is 15.7 Å². The summed E-state index contributed by atoms with van der Waals surface area (Å²) >= 11 is 12.0. The number of nitrogens with zero attached hydrogens (tertiary/aromatic N) is 2. The van der Waals surface area contributed by atoms with Crippen LogP contribution in [0.25, 0.3) is 34.7 Å². The zero-order valence-corrected chi connectivity index (χ0v) is 15.7. The van der Waals surface area contributed by atoms with Crippen molar-refractivity contribution in [1.82, 2.24) is 10.1 Å². The largest absolute Gasteiger partial charge is 0.356 e. The summed E-state index contributed by atoms with van der Waals surface area (Å²) in [5, 5.41) is 5.13. The van der Waals surface area contributed by atoms with Gasteiger partial charge in [-0.1, -0.05) is 70.8 Å². The van der Waals surface area contributed by atoms with Gasteiger partial charge in [-0.2, -0.15) is 0 Å². The third kappa shape index (κ3) is 4.11. The van der Waals surface area contributed by atoms with Gasteiger partial charge in [0, 0.05) is 23.4 Å². The Morgan fingerprint density at radius 2 is 1.59 bits per heavy atom. The number of pyridine rings is 1. The van der Waals surface area contributed by atoms with Gasteiger partial charge in [-0.05, 0) is 35.9 Å². The number of hydrogen-bond acceptors (Lipinski definition) is 3. The smallest absolute Gasteiger partial charge is 0.167 e. The number of hydrogen-bond donors (Lipinski definition) is 0. The Hall–Kier alpha value is -2.88. The summed E-state index contributed by atoms with van der Waals surface area (Å²) in [5.74, 6) is 0.691. The maximum absolute atomic E-state index is 6.08. The molecule has 132 valence electrons. The van der Waals surface area contributed by atoms with Gasteiger partial charge in [0.15, 0.2) is 5.76 Å². The molecule has 0 aliphatic rings. The van der Waals surface area contributed by atoms with Gasteiger partial charge < -0.3 is 4.52 Å². The molecule has 27 heavy (non-hydrogen) atoms. The predicted molar refractivity (Wildman–Crippen MR) is 111 cm³/mol. The van der Waals surface area contributed by atoms with Crippen molar-refractivity contribution in [3.8, 4) is 22.6 Å². The third-order valence-corrected chi connectivity index (χ3v) is 4.79. The van der Waals surface area contributed by atoms with Crippen LogP contribution in [-0.4, -0.2) is 10.1 Å². The van der Waals surface area contributed by atoms with Gasteiger partial charge in [-0.25, -0.2) is 0 Å². The molecule has 0 spiro atoms. The van der Waals surface area contributed by atoms with Crippen LogP contribution in [-0.2, 0) is 0 Å². The highest BCUT2D eigenvalue weighted by atomic mass is 35.5. The molecule has 0 fully saturated rings. The average molecular weight is 393 g/mol. The minimum atomic E-state index is 0.489. The molecule has 3 nitrogen and oxygen atoms in total. The quantitative estimate of drug-likeness (QED) is 0.379. The van der Waals surface area contributed by atoms with Crippen molar-refractivity contribution < 1.29 is 4.52 Å². The van der Waals surface area contributed by atoms with Crippen molar-refractivity contribution in [3.05, 3.63) is 94.2 Å². The number of benzene rings is 2. The summed E-state index contributed by atoms with van der Waals surface area (Å²) in [5.41, 5.74) is 4.51. The number of aromatic nitrogens is 2. The monoisotopic (exact) mass is 392 g/mol. The lowest BCUT2D eigenvalue weighted by atomic mass is 10.1. The van der Waals surface area contributed by atoms with Crippen LogP contribution in [0.1, 0.15) is 11.3 Å². The van der Waals surface area contributed by atoms with Gasteiger partial charge >= 0.3 is 0 Å². The van der Waals surface area contributed by atoms with Crippen LogP contribution in [0.3, 0.4) is 0 Å². The molecule has 4 aromatic rings. The van der Waals surface area contributed by atoms with Crippen LogP contribution >= 0.6 is 23.2 Å². The molecule has 5 heteroatoms. The molecule has 0 aliphatic heterocycles. The van der Waals surface area contributed by atoms with E-state index < -0.39 is 0 Å². The summed E-state index contributed by atoms with van der Waals surface area (Å²) in [6.07, 6.45) is 5.78. The molecule has 0 atom stereocenters. The lowest BCUT2D eigenvalue weighted by Crippen LogP contribution is -1.78. The Balaban J connectivity index is 1.53. The first-order valence-electron chi connectivity index (χ1n) is 8.31. The lowest BCUT2D eigenvalue weighted by molar-refractivity contribution is 0.435. The van der Waals surface area contributed by atoms with E-state index in [1.54, 1.807) is 18.3 Å². The Bertz CT molecular complexity index is 1090. The van der Waals surface area contributed by atoms with E-state index in [1.165, 1.54) is 0 Å². The first-order valence-corrected chi connectivity index (χ1v) is 9.06. The Kier molecular flexibility index (Phi) is 5.05. The van der Waals surface area contributed by atoms with Gasteiger partial charge in [0.25, 0.3) is 0 Å². The molecule has 2 aromatic carbocycles. The molecule has 0 radical (unpaired) electrons. The first kappa shape index (κ1) is 17.5. The van der Waals surface area contributed by atoms with Crippen molar-refractivity contribution >= 4 is 35.4 Å². The summed E-state index contributed by atoms with van der Waals surface area (Å²) in [6, 6.07) is 21.1. The highest BCUT2D eigenvalue weighted by molar-refractivity contribution is 6.42. The molecule has 0 saturated carbocycles. The fraction of sp³-hybridized carbons (Fsp3) is 0. The van der Waals surface area contributed by atoms with Crippen molar-refractivity contribution in [2.24, 2.45) is 0 Å². The SMILES string of the molecule is Clc1ccc(-c2cc(-c3ccc(C=Cc4ccccn4)cc3)on2)cc1Cl. The van der Waals surface area contributed by atoms with E-state index >= 15 is 0 Å². The fourth-order valence-corrected chi connectivity index (χ4v) is 2.92. The molecule has 0 aliphatic carbocycles. The fourth-order valence-electron chi connectivity index (χ4n) is 2.62. The highest BCUT2D eigenvalue weighted by Gasteiger charge is 2.10. The molecule has 0 amide bonds. The van der Waals surface area contributed by atoms with Gasteiger partial charge in [-0.15, -0.1) is 0 Å². The van der Waals surface area contributed by atoms with E-state index in [4.69, 9.17) is 27.7 Å². The molecule has 0 saturated heterocycles. The molecule has 0 bridgehead atoms. The summed E-state index contributed by atoms with van der Waals surface area (Å²) < 4.78 is 5.49. The molecule has 2 aromatic heterocycles. The third-order valence-electron chi connectivity index (χ3n) is 4.06. The zero-order chi connectivity index (χ0) is 18.6. The molecule has 4 rings (SSSR count). The van der Waals surface area contributed by atoms with Crippen LogP contribution in [0.5, 0.6) is 0 Å². The summed E-state index contributed by atoms with van der Waals surface area (Å²) in [4.78, 5) is 4.27. The van der Waals surface area contributed by atoms with Crippen molar-refractivity contribution in [2.45, 2.75) is 0 Å². The molecular formula is C22H14Cl2N2O. The first-order chi connectivity index (χ1) is 13.2. The Labute approximate surface area is 166 Å². The molecular weight excluding hydrogens is 379 g/mol. The second kappa shape index (κ2) is 7.78.